The summed E-state index contributed by atoms with van der Waals surface area (Å²) >= 11 is 0. The highest BCUT2D eigenvalue weighted by atomic mass is 16.3. The number of hydrogen-bond donors (Lipinski definition) is 3. The first-order chi connectivity index (χ1) is 8.72. The van der Waals surface area contributed by atoms with E-state index >= 15 is 0 Å². The quantitative estimate of drug-likeness (QED) is 0.743. The van der Waals surface area contributed by atoms with Crippen molar-refractivity contribution in [3.05, 3.63) is 35.9 Å². The van der Waals surface area contributed by atoms with Crippen LogP contribution in [0.3, 0.4) is 0 Å². The number of hydrogen-bond acceptors (Lipinski definition) is 3. The molecule has 0 radical (unpaired) electrons. The Morgan fingerprint density at radius 3 is 2.67 bits per heavy atom. The van der Waals surface area contributed by atoms with E-state index in [1.165, 1.54) is 0 Å². The third-order valence-corrected chi connectivity index (χ3v) is 3.61. The topological polar surface area (TPSA) is 75.4 Å². The van der Waals surface area contributed by atoms with E-state index in [0.717, 1.165) is 24.8 Å². The van der Waals surface area contributed by atoms with Gasteiger partial charge < -0.3 is 16.2 Å². The summed E-state index contributed by atoms with van der Waals surface area (Å²) in [4.78, 5) is 12.1. The Kier molecular flexibility index (Phi) is 4.33. The van der Waals surface area contributed by atoms with Gasteiger partial charge >= 0.3 is 0 Å². The minimum absolute atomic E-state index is 0.0390. The van der Waals surface area contributed by atoms with Crippen LogP contribution in [-0.2, 0) is 4.79 Å². The second-order valence-corrected chi connectivity index (χ2v) is 4.86. The van der Waals surface area contributed by atoms with Crippen molar-refractivity contribution < 1.29 is 9.90 Å². The number of amides is 1. The van der Waals surface area contributed by atoms with Gasteiger partial charge in [0.25, 0.3) is 0 Å². The van der Waals surface area contributed by atoms with Crippen LogP contribution in [0.5, 0.6) is 0 Å². The van der Waals surface area contributed by atoms with Gasteiger partial charge in [-0.3, -0.25) is 4.79 Å². The second-order valence-electron chi connectivity index (χ2n) is 4.86. The van der Waals surface area contributed by atoms with Crippen LogP contribution in [0.4, 0.5) is 0 Å². The molecule has 18 heavy (non-hydrogen) atoms. The van der Waals surface area contributed by atoms with Gasteiger partial charge in [0.2, 0.25) is 5.91 Å². The van der Waals surface area contributed by atoms with Crippen molar-refractivity contribution in [2.45, 2.75) is 31.3 Å². The van der Waals surface area contributed by atoms with E-state index in [4.69, 9.17) is 5.73 Å². The molecule has 0 spiro atoms. The highest BCUT2D eigenvalue weighted by Crippen LogP contribution is 2.25. The molecule has 4 nitrogen and oxygen atoms in total. The summed E-state index contributed by atoms with van der Waals surface area (Å²) in [5, 5.41) is 12.3. The first-order valence-corrected chi connectivity index (χ1v) is 6.44. The Bertz CT molecular complexity index is 394. The predicted octanol–water partition coefficient (Wildman–Crippen LogP) is 0.964. The molecule has 98 valence electrons. The van der Waals surface area contributed by atoms with E-state index in [2.05, 4.69) is 5.32 Å². The van der Waals surface area contributed by atoms with Gasteiger partial charge in [-0.1, -0.05) is 36.8 Å². The first kappa shape index (κ1) is 13.1. The monoisotopic (exact) mass is 248 g/mol. The number of rotatable bonds is 4. The van der Waals surface area contributed by atoms with E-state index in [-0.39, 0.29) is 30.5 Å². The summed E-state index contributed by atoms with van der Waals surface area (Å²) in [7, 11) is 0. The van der Waals surface area contributed by atoms with Gasteiger partial charge in [0, 0.05) is 6.04 Å². The fourth-order valence-electron chi connectivity index (χ4n) is 2.51. The largest absolute Gasteiger partial charge is 0.394 e. The Hall–Kier alpha value is -1.39. The number of carbonyl (C=O) groups is 1. The lowest BCUT2D eigenvalue weighted by Crippen LogP contribution is -2.41. The SMILES string of the molecule is NC1CCCC1C(=O)N[C@@H](CO)c1ccccc1. The van der Waals surface area contributed by atoms with Crippen molar-refractivity contribution in [1.29, 1.82) is 0 Å². The van der Waals surface area contributed by atoms with Gasteiger partial charge in [-0.05, 0) is 18.4 Å². The number of benzene rings is 1. The molecule has 0 saturated heterocycles. The minimum atomic E-state index is -0.341. The van der Waals surface area contributed by atoms with E-state index in [9.17, 15) is 9.90 Å². The first-order valence-electron chi connectivity index (χ1n) is 6.44. The Labute approximate surface area is 107 Å². The molecule has 1 aliphatic carbocycles. The third kappa shape index (κ3) is 2.89. The molecule has 2 rings (SSSR count). The lowest BCUT2D eigenvalue weighted by molar-refractivity contribution is -0.126. The summed E-state index contributed by atoms with van der Waals surface area (Å²) in [6.07, 6.45) is 2.77. The predicted molar refractivity (Wildman–Crippen MR) is 69.7 cm³/mol. The van der Waals surface area contributed by atoms with Crippen molar-refractivity contribution in [3.8, 4) is 0 Å². The lowest BCUT2D eigenvalue weighted by Gasteiger charge is -2.21. The van der Waals surface area contributed by atoms with Crippen LogP contribution in [0, 0.1) is 5.92 Å². The van der Waals surface area contributed by atoms with Gasteiger partial charge in [-0.15, -0.1) is 0 Å². The molecule has 0 aromatic heterocycles. The summed E-state index contributed by atoms with van der Waals surface area (Å²) in [6, 6.07) is 9.11. The molecular weight excluding hydrogens is 228 g/mol. The summed E-state index contributed by atoms with van der Waals surface area (Å²) in [5.74, 6) is -0.148. The van der Waals surface area contributed by atoms with E-state index < -0.39 is 0 Å². The molecule has 4 N–H and O–H groups in total. The highest BCUT2D eigenvalue weighted by molar-refractivity contribution is 5.80. The van der Waals surface area contributed by atoms with Crippen molar-refractivity contribution in [2.75, 3.05) is 6.61 Å². The maximum Gasteiger partial charge on any atom is 0.225 e. The van der Waals surface area contributed by atoms with Crippen LogP contribution in [0.1, 0.15) is 30.9 Å². The minimum Gasteiger partial charge on any atom is -0.394 e. The van der Waals surface area contributed by atoms with E-state index in [0.29, 0.717) is 0 Å². The Balaban J connectivity index is 2.00. The summed E-state index contributed by atoms with van der Waals surface area (Å²) in [6.45, 7) is -0.0995. The fourth-order valence-corrected chi connectivity index (χ4v) is 2.51. The number of nitrogens with two attached hydrogens (primary N) is 1. The van der Waals surface area contributed by atoms with Crippen LogP contribution >= 0.6 is 0 Å². The molecule has 1 aromatic rings. The molecule has 0 heterocycles. The molecule has 2 unspecified atom stereocenters. The number of nitrogens with one attached hydrogen (secondary N) is 1. The zero-order valence-corrected chi connectivity index (χ0v) is 10.4. The normalized spacial score (nSPS) is 24.8. The maximum atomic E-state index is 12.1. The molecule has 1 aliphatic rings. The summed E-state index contributed by atoms with van der Waals surface area (Å²) in [5.41, 5.74) is 6.83. The van der Waals surface area contributed by atoms with Crippen LogP contribution < -0.4 is 11.1 Å². The molecule has 1 saturated carbocycles. The van der Waals surface area contributed by atoms with Crippen LogP contribution in [-0.4, -0.2) is 23.7 Å². The lowest BCUT2D eigenvalue weighted by atomic mass is 10.0. The molecular formula is C14H20N2O2. The number of carbonyl (C=O) groups excluding carboxylic acids is 1. The van der Waals surface area contributed by atoms with Gasteiger partial charge in [0.1, 0.15) is 0 Å². The van der Waals surface area contributed by atoms with Crippen molar-refractivity contribution in [3.63, 3.8) is 0 Å². The number of aliphatic hydroxyl groups is 1. The molecule has 3 atom stereocenters. The van der Waals surface area contributed by atoms with Gasteiger partial charge in [0.15, 0.2) is 0 Å². The van der Waals surface area contributed by atoms with E-state index in [1.54, 1.807) is 0 Å². The zero-order valence-electron chi connectivity index (χ0n) is 10.4. The smallest absolute Gasteiger partial charge is 0.225 e. The van der Waals surface area contributed by atoms with Crippen LogP contribution in [0.2, 0.25) is 0 Å². The Morgan fingerprint density at radius 2 is 2.11 bits per heavy atom. The van der Waals surface area contributed by atoms with Crippen LogP contribution in [0.15, 0.2) is 30.3 Å². The second kappa shape index (κ2) is 5.98. The molecule has 4 heteroatoms. The molecule has 0 aliphatic heterocycles. The fraction of sp³-hybridized carbons (Fsp3) is 0.500. The average Bonchev–Trinajstić information content (AvgIpc) is 2.83. The van der Waals surface area contributed by atoms with Crippen molar-refractivity contribution in [2.24, 2.45) is 11.7 Å². The average molecular weight is 248 g/mol. The Morgan fingerprint density at radius 1 is 1.39 bits per heavy atom. The van der Waals surface area contributed by atoms with E-state index in [1.807, 2.05) is 30.3 Å². The highest BCUT2D eigenvalue weighted by Gasteiger charge is 2.31. The molecule has 1 aromatic carbocycles. The third-order valence-electron chi connectivity index (χ3n) is 3.61. The zero-order chi connectivity index (χ0) is 13.0. The van der Waals surface area contributed by atoms with Gasteiger partial charge in [-0.25, -0.2) is 0 Å². The van der Waals surface area contributed by atoms with Crippen molar-refractivity contribution in [1.82, 2.24) is 5.32 Å². The van der Waals surface area contributed by atoms with Gasteiger partial charge in [0.05, 0.1) is 18.6 Å². The molecule has 1 amide bonds. The maximum absolute atomic E-state index is 12.1. The van der Waals surface area contributed by atoms with Crippen LogP contribution in [0.25, 0.3) is 0 Å². The van der Waals surface area contributed by atoms with Gasteiger partial charge in [-0.2, -0.15) is 0 Å². The molecule has 0 bridgehead atoms. The molecule has 1 fully saturated rings. The summed E-state index contributed by atoms with van der Waals surface area (Å²) < 4.78 is 0. The number of aliphatic hydroxyl groups excluding tert-OH is 1. The van der Waals surface area contributed by atoms with Crippen molar-refractivity contribution >= 4 is 5.91 Å². The standard InChI is InChI=1S/C14H20N2O2/c15-12-8-4-7-11(12)14(18)16-13(9-17)10-5-2-1-3-6-10/h1-3,5-6,11-13,17H,4,7-9,15H2,(H,16,18)/t11?,12?,13-/m0/s1.